The second kappa shape index (κ2) is 9.15. The predicted molar refractivity (Wildman–Crippen MR) is 96.4 cm³/mol. The van der Waals surface area contributed by atoms with Crippen LogP contribution in [0.1, 0.15) is 31.2 Å². The first-order chi connectivity index (χ1) is 12.9. The lowest BCUT2D eigenvalue weighted by Gasteiger charge is -2.46. The van der Waals surface area contributed by atoms with Crippen LogP contribution in [0.4, 0.5) is 5.69 Å². The molecule has 0 radical (unpaired) electrons. The van der Waals surface area contributed by atoms with Crippen LogP contribution in [0, 0.1) is 0 Å². The number of rotatable bonds is 12. The van der Waals surface area contributed by atoms with Crippen molar-refractivity contribution in [1.29, 1.82) is 0 Å². The number of para-hydroxylation sites is 1. The number of anilines is 1. The van der Waals surface area contributed by atoms with Crippen LogP contribution < -0.4 is 16.8 Å². The molecular weight excluding hydrogens is 374 g/mol. The van der Waals surface area contributed by atoms with Gasteiger partial charge in [0, 0.05) is 12.2 Å². The summed E-state index contributed by atoms with van der Waals surface area (Å²) < 4.78 is 0. The van der Waals surface area contributed by atoms with Crippen molar-refractivity contribution < 1.29 is 39.6 Å². The van der Waals surface area contributed by atoms with Gasteiger partial charge in [-0.15, -0.1) is 0 Å². The van der Waals surface area contributed by atoms with Gasteiger partial charge in [-0.2, -0.15) is 0 Å². The molecule has 0 saturated carbocycles. The minimum absolute atomic E-state index is 0.147. The van der Waals surface area contributed by atoms with Crippen molar-refractivity contribution in [2.24, 2.45) is 5.73 Å². The van der Waals surface area contributed by atoms with Gasteiger partial charge in [0.2, 0.25) is 0 Å². The molecule has 1 aromatic rings. The zero-order chi connectivity index (χ0) is 21.5. The average Bonchev–Trinajstić information content (AvgIpc) is 2.51. The number of benzene rings is 1. The van der Waals surface area contributed by atoms with Gasteiger partial charge in [0.1, 0.15) is 0 Å². The minimum Gasteiger partial charge on any atom is -0.481 e. The van der Waals surface area contributed by atoms with Crippen molar-refractivity contribution >= 4 is 29.6 Å². The fourth-order valence-electron chi connectivity index (χ4n) is 3.13. The molecule has 0 saturated heterocycles. The summed E-state index contributed by atoms with van der Waals surface area (Å²) >= 11 is 0. The molecule has 11 heteroatoms. The van der Waals surface area contributed by atoms with Crippen LogP contribution in [0.2, 0.25) is 0 Å². The standard InChI is InChI=1S/C17H23N3O8/c18-11-4-2-1-3-10(11)9-20-17(7-14(25)26,8-15(27)28)16(19,5-12(21)22)6-13(23)24/h1-4,20H,5-9,18-19H2,(H,21,22)(H,23,24)(H,25,26)(H,27,28). The Morgan fingerprint density at radius 3 is 1.64 bits per heavy atom. The highest BCUT2D eigenvalue weighted by Gasteiger charge is 2.53. The van der Waals surface area contributed by atoms with Gasteiger partial charge < -0.3 is 37.2 Å². The Labute approximate surface area is 159 Å². The van der Waals surface area contributed by atoms with Crippen LogP contribution in [0.15, 0.2) is 24.3 Å². The van der Waals surface area contributed by atoms with Gasteiger partial charge >= 0.3 is 23.9 Å². The molecule has 0 aliphatic carbocycles. The Morgan fingerprint density at radius 1 is 0.821 bits per heavy atom. The highest BCUT2D eigenvalue weighted by Crippen LogP contribution is 2.34. The third kappa shape index (κ3) is 5.93. The molecule has 0 unspecified atom stereocenters. The summed E-state index contributed by atoms with van der Waals surface area (Å²) in [5.74, 6) is -5.93. The van der Waals surface area contributed by atoms with Crippen LogP contribution >= 0.6 is 0 Å². The fourth-order valence-corrected chi connectivity index (χ4v) is 3.13. The summed E-state index contributed by atoms with van der Waals surface area (Å²) in [7, 11) is 0. The number of nitrogens with two attached hydrogens (primary N) is 2. The summed E-state index contributed by atoms with van der Waals surface area (Å²) in [6.45, 7) is -0.147. The highest BCUT2D eigenvalue weighted by molar-refractivity contribution is 5.78. The van der Waals surface area contributed by atoms with E-state index in [9.17, 15) is 39.6 Å². The molecule has 0 fully saturated rings. The fraction of sp³-hybridized carbons (Fsp3) is 0.412. The van der Waals surface area contributed by atoms with E-state index >= 15 is 0 Å². The van der Waals surface area contributed by atoms with Crippen molar-refractivity contribution in [2.75, 3.05) is 5.73 Å². The van der Waals surface area contributed by atoms with Crippen LogP contribution in [0.3, 0.4) is 0 Å². The first-order valence-corrected chi connectivity index (χ1v) is 8.15. The lowest BCUT2D eigenvalue weighted by atomic mass is 9.68. The molecule has 0 aromatic heterocycles. The summed E-state index contributed by atoms with van der Waals surface area (Å²) in [6, 6.07) is 6.47. The monoisotopic (exact) mass is 397 g/mol. The van der Waals surface area contributed by atoms with Crippen molar-refractivity contribution in [3.05, 3.63) is 29.8 Å². The van der Waals surface area contributed by atoms with Gasteiger partial charge in [-0.25, -0.2) is 0 Å². The van der Waals surface area contributed by atoms with Crippen molar-refractivity contribution in [1.82, 2.24) is 5.32 Å². The largest absolute Gasteiger partial charge is 0.481 e. The number of carboxylic acid groups (broad SMARTS) is 4. The quantitative estimate of drug-likeness (QED) is 0.227. The minimum atomic E-state index is -2.22. The van der Waals surface area contributed by atoms with Gasteiger partial charge in [-0.05, 0) is 11.6 Å². The number of aliphatic carboxylic acids is 4. The maximum atomic E-state index is 11.5. The molecule has 1 rings (SSSR count). The molecule has 9 N–H and O–H groups in total. The number of nitrogens with one attached hydrogen (secondary N) is 1. The van der Waals surface area contributed by atoms with Gasteiger partial charge in [0.15, 0.2) is 0 Å². The molecule has 0 spiro atoms. The number of carboxylic acids is 4. The third-order valence-corrected chi connectivity index (χ3v) is 4.46. The number of hydrogen-bond acceptors (Lipinski definition) is 7. The molecule has 1 aromatic carbocycles. The van der Waals surface area contributed by atoms with E-state index in [4.69, 9.17) is 11.5 Å². The Balaban J connectivity index is 3.48. The van der Waals surface area contributed by atoms with E-state index in [1.807, 2.05) is 0 Å². The molecule has 0 aliphatic rings. The Bertz CT molecular complexity index is 733. The van der Waals surface area contributed by atoms with E-state index in [0.717, 1.165) is 0 Å². The molecule has 28 heavy (non-hydrogen) atoms. The van der Waals surface area contributed by atoms with Crippen molar-refractivity contribution in [3.63, 3.8) is 0 Å². The molecule has 0 amide bonds. The average molecular weight is 397 g/mol. The second-order valence-electron chi connectivity index (χ2n) is 6.57. The number of nitrogen functional groups attached to an aromatic ring is 1. The van der Waals surface area contributed by atoms with E-state index in [-0.39, 0.29) is 6.54 Å². The molecule has 0 heterocycles. The maximum absolute atomic E-state index is 11.5. The molecule has 0 atom stereocenters. The summed E-state index contributed by atoms with van der Waals surface area (Å²) in [5.41, 5.74) is 8.44. The lowest BCUT2D eigenvalue weighted by molar-refractivity contribution is -0.151. The first-order valence-electron chi connectivity index (χ1n) is 8.15. The number of carbonyl (C=O) groups is 4. The first kappa shape index (κ1) is 22.9. The van der Waals surface area contributed by atoms with E-state index in [1.165, 1.54) is 0 Å². The van der Waals surface area contributed by atoms with Gasteiger partial charge in [0.05, 0.1) is 36.8 Å². The topological polar surface area (TPSA) is 213 Å². The van der Waals surface area contributed by atoms with Gasteiger partial charge in [-0.3, -0.25) is 19.2 Å². The van der Waals surface area contributed by atoms with E-state index in [0.29, 0.717) is 11.3 Å². The van der Waals surface area contributed by atoms with Gasteiger partial charge in [0.25, 0.3) is 0 Å². The summed E-state index contributed by atoms with van der Waals surface area (Å²) in [4.78, 5) is 45.6. The molecule has 0 bridgehead atoms. The lowest BCUT2D eigenvalue weighted by Crippen LogP contribution is -2.70. The molecule has 11 nitrogen and oxygen atoms in total. The predicted octanol–water partition coefficient (Wildman–Crippen LogP) is -0.306. The SMILES string of the molecule is Nc1ccccc1CNC(CC(=O)O)(CC(=O)O)C(N)(CC(=O)O)CC(=O)O. The third-order valence-electron chi connectivity index (χ3n) is 4.46. The smallest absolute Gasteiger partial charge is 0.305 e. The van der Waals surface area contributed by atoms with Crippen molar-refractivity contribution in [3.8, 4) is 0 Å². The van der Waals surface area contributed by atoms with Crippen LogP contribution in [0.25, 0.3) is 0 Å². The summed E-state index contributed by atoms with van der Waals surface area (Å²) in [6.07, 6.45) is -3.75. The van der Waals surface area contributed by atoms with Crippen LogP contribution in [0.5, 0.6) is 0 Å². The van der Waals surface area contributed by atoms with E-state index < -0.39 is 60.6 Å². The van der Waals surface area contributed by atoms with Crippen LogP contribution in [-0.2, 0) is 25.7 Å². The molecule has 0 aliphatic heterocycles. The zero-order valence-electron chi connectivity index (χ0n) is 14.9. The van der Waals surface area contributed by atoms with E-state index in [1.54, 1.807) is 24.3 Å². The highest BCUT2D eigenvalue weighted by atomic mass is 16.4. The normalized spacial score (nSPS) is 11.8. The van der Waals surface area contributed by atoms with Crippen LogP contribution in [-0.4, -0.2) is 55.4 Å². The summed E-state index contributed by atoms with van der Waals surface area (Å²) in [5, 5.41) is 39.8. The maximum Gasteiger partial charge on any atom is 0.305 e. The molecule has 154 valence electrons. The van der Waals surface area contributed by atoms with Gasteiger partial charge in [-0.1, -0.05) is 18.2 Å². The van der Waals surface area contributed by atoms with Crippen molar-refractivity contribution in [2.45, 2.75) is 43.3 Å². The zero-order valence-corrected chi connectivity index (χ0v) is 14.9. The Kier molecular flexibility index (Phi) is 7.47. The second-order valence-corrected chi connectivity index (χ2v) is 6.57. The van der Waals surface area contributed by atoms with E-state index in [2.05, 4.69) is 5.32 Å². The Hall–Kier alpha value is -3.18. The molecular formula is C17H23N3O8. The number of hydrogen-bond donors (Lipinski definition) is 7. The Morgan fingerprint density at radius 2 is 1.25 bits per heavy atom.